The number of anilines is 1. The zero-order valence-electron chi connectivity index (χ0n) is 9.76. The Morgan fingerprint density at radius 1 is 1.47 bits per heavy atom. The Morgan fingerprint density at radius 3 is 3.35 bits per heavy atom. The predicted octanol–water partition coefficient (Wildman–Crippen LogP) is 1.14. The Morgan fingerprint density at radius 2 is 2.47 bits per heavy atom. The number of rotatable bonds is 4. The highest BCUT2D eigenvalue weighted by atomic mass is 15.2. The average molecular weight is 231 g/mol. The largest absolute Gasteiger partial charge is 0.370 e. The van der Waals surface area contributed by atoms with Crippen molar-refractivity contribution >= 4 is 11.5 Å². The van der Waals surface area contributed by atoms with Crippen molar-refractivity contribution in [2.75, 3.05) is 25.0 Å². The zero-order chi connectivity index (χ0) is 11.5. The fourth-order valence-electron chi connectivity index (χ4n) is 2.28. The van der Waals surface area contributed by atoms with Crippen molar-refractivity contribution in [1.82, 2.24) is 19.9 Å². The van der Waals surface area contributed by atoms with Crippen molar-refractivity contribution in [1.29, 1.82) is 0 Å². The summed E-state index contributed by atoms with van der Waals surface area (Å²) in [6.45, 7) is 3.32. The number of aromatic nitrogens is 3. The minimum absolute atomic E-state index is 0.821. The highest BCUT2D eigenvalue weighted by Gasteiger charge is 2.13. The highest BCUT2D eigenvalue weighted by molar-refractivity contribution is 5.45. The molecule has 5 heteroatoms. The first-order valence-corrected chi connectivity index (χ1v) is 6.17. The molecule has 0 bridgehead atoms. The maximum absolute atomic E-state index is 4.47. The van der Waals surface area contributed by atoms with Gasteiger partial charge in [-0.2, -0.15) is 5.10 Å². The van der Waals surface area contributed by atoms with Gasteiger partial charge in [0.15, 0.2) is 5.65 Å². The van der Waals surface area contributed by atoms with Crippen LogP contribution in [-0.4, -0.2) is 34.2 Å². The van der Waals surface area contributed by atoms with E-state index in [1.807, 2.05) is 18.3 Å². The molecule has 0 aliphatic carbocycles. The molecule has 1 atom stereocenters. The summed E-state index contributed by atoms with van der Waals surface area (Å²) in [5.74, 6) is 1.75. The Bertz CT molecular complexity index is 486. The van der Waals surface area contributed by atoms with Crippen molar-refractivity contribution in [2.45, 2.75) is 12.8 Å². The lowest BCUT2D eigenvalue weighted by molar-refractivity contribution is 0.549. The fraction of sp³-hybridized carbons (Fsp3) is 0.500. The predicted molar refractivity (Wildman–Crippen MR) is 67.1 cm³/mol. The van der Waals surface area contributed by atoms with Crippen molar-refractivity contribution in [2.24, 2.45) is 5.92 Å². The number of hydrogen-bond acceptors (Lipinski definition) is 4. The van der Waals surface area contributed by atoms with E-state index in [2.05, 4.69) is 20.7 Å². The number of hydrogen-bond donors (Lipinski definition) is 2. The molecule has 17 heavy (non-hydrogen) atoms. The van der Waals surface area contributed by atoms with Gasteiger partial charge in [0.25, 0.3) is 0 Å². The first-order chi connectivity index (χ1) is 8.42. The maximum Gasteiger partial charge on any atom is 0.157 e. The van der Waals surface area contributed by atoms with E-state index in [4.69, 9.17) is 0 Å². The van der Waals surface area contributed by atoms with E-state index in [0.29, 0.717) is 0 Å². The van der Waals surface area contributed by atoms with Crippen LogP contribution in [0.5, 0.6) is 0 Å². The SMILES string of the molecule is c1cc2nc(NCCC3CCNC3)ccn2n1. The first-order valence-electron chi connectivity index (χ1n) is 6.17. The van der Waals surface area contributed by atoms with Gasteiger partial charge in [0, 0.05) is 18.8 Å². The third-order valence-electron chi connectivity index (χ3n) is 3.28. The molecule has 5 nitrogen and oxygen atoms in total. The zero-order valence-corrected chi connectivity index (χ0v) is 9.76. The Kier molecular flexibility index (Phi) is 2.92. The number of nitrogens with one attached hydrogen (secondary N) is 2. The summed E-state index contributed by atoms with van der Waals surface area (Å²) < 4.78 is 1.77. The van der Waals surface area contributed by atoms with E-state index in [0.717, 1.165) is 30.5 Å². The third kappa shape index (κ3) is 2.39. The molecule has 3 rings (SSSR count). The molecule has 90 valence electrons. The van der Waals surface area contributed by atoms with Crippen LogP contribution in [0.15, 0.2) is 24.5 Å². The number of nitrogens with zero attached hydrogens (tertiary/aromatic N) is 3. The van der Waals surface area contributed by atoms with Crippen LogP contribution in [0, 0.1) is 5.92 Å². The molecule has 2 aromatic heterocycles. The smallest absolute Gasteiger partial charge is 0.157 e. The van der Waals surface area contributed by atoms with Crippen LogP contribution in [-0.2, 0) is 0 Å². The van der Waals surface area contributed by atoms with Crippen LogP contribution >= 0.6 is 0 Å². The molecule has 0 amide bonds. The van der Waals surface area contributed by atoms with Crippen LogP contribution in [0.3, 0.4) is 0 Å². The second-order valence-corrected chi connectivity index (χ2v) is 4.52. The summed E-state index contributed by atoms with van der Waals surface area (Å²) in [4.78, 5) is 4.47. The van der Waals surface area contributed by atoms with Crippen LogP contribution in [0.4, 0.5) is 5.82 Å². The molecule has 1 aliphatic rings. The second-order valence-electron chi connectivity index (χ2n) is 4.52. The minimum atomic E-state index is 0.821. The molecule has 0 aromatic carbocycles. The number of fused-ring (bicyclic) bond motifs is 1. The van der Waals surface area contributed by atoms with E-state index in [1.165, 1.54) is 19.4 Å². The standard InChI is InChI=1S/C12H17N5/c1-5-13-9-10(1)2-6-14-11-4-8-17-12(16-11)3-7-15-17/h3-4,7-8,10,13H,1-2,5-6,9H2,(H,14,16). The molecule has 1 fully saturated rings. The third-order valence-corrected chi connectivity index (χ3v) is 3.28. The fourth-order valence-corrected chi connectivity index (χ4v) is 2.28. The summed E-state index contributed by atoms with van der Waals surface area (Å²) in [7, 11) is 0. The monoisotopic (exact) mass is 231 g/mol. The molecule has 0 spiro atoms. The van der Waals surface area contributed by atoms with Gasteiger partial charge in [-0.15, -0.1) is 0 Å². The van der Waals surface area contributed by atoms with Gasteiger partial charge in [0.1, 0.15) is 5.82 Å². The van der Waals surface area contributed by atoms with Gasteiger partial charge in [-0.3, -0.25) is 0 Å². The lowest BCUT2D eigenvalue weighted by Crippen LogP contribution is -2.13. The van der Waals surface area contributed by atoms with Crippen LogP contribution in [0.25, 0.3) is 5.65 Å². The van der Waals surface area contributed by atoms with Crippen molar-refractivity contribution < 1.29 is 0 Å². The van der Waals surface area contributed by atoms with Gasteiger partial charge in [-0.05, 0) is 37.9 Å². The van der Waals surface area contributed by atoms with Crippen LogP contribution in [0.2, 0.25) is 0 Å². The molecule has 1 saturated heterocycles. The van der Waals surface area contributed by atoms with Gasteiger partial charge < -0.3 is 10.6 Å². The Balaban J connectivity index is 1.56. The molecule has 3 heterocycles. The molecule has 2 aromatic rings. The molecule has 0 saturated carbocycles. The van der Waals surface area contributed by atoms with Crippen molar-refractivity contribution in [3.63, 3.8) is 0 Å². The van der Waals surface area contributed by atoms with Gasteiger partial charge in [-0.1, -0.05) is 0 Å². The molecule has 1 unspecified atom stereocenters. The summed E-state index contributed by atoms with van der Waals surface area (Å²) in [6, 6.07) is 3.87. The average Bonchev–Trinajstić information content (AvgIpc) is 2.98. The van der Waals surface area contributed by atoms with Crippen LogP contribution in [0.1, 0.15) is 12.8 Å². The van der Waals surface area contributed by atoms with Crippen molar-refractivity contribution in [3.8, 4) is 0 Å². The Labute approximate surface area is 100 Å². The highest BCUT2D eigenvalue weighted by Crippen LogP contribution is 2.12. The molecular weight excluding hydrogens is 214 g/mol. The molecular formula is C12H17N5. The lowest BCUT2D eigenvalue weighted by atomic mass is 10.1. The van der Waals surface area contributed by atoms with Gasteiger partial charge >= 0.3 is 0 Å². The van der Waals surface area contributed by atoms with Crippen molar-refractivity contribution in [3.05, 3.63) is 24.5 Å². The van der Waals surface area contributed by atoms with E-state index < -0.39 is 0 Å². The normalized spacial score (nSPS) is 19.9. The van der Waals surface area contributed by atoms with Gasteiger partial charge in [-0.25, -0.2) is 9.50 Å². The summed E-state index contributed by atoms with van der Waals surface area (Å²) >= 11 is 0. The van der Waals surface area contributed by atoms with Gasteiger partial charge in [0.2, 0.25) is 0 Å². The van der Waals surface area contributed by atoms with E-state index >= 15 is 0 Å². The van der Waals surface area contributed by atoms with Gasteiger partial charge in [0.05, 0.1) is 6.20 Å². The van der Waals surface area contributed by atoms with E-state index in [-0.39, 0.29) is 0 Å². The summed E-state index contributed by atoms with van der Waals surface area (Å²) in [5.41, 5.74) is 0.887. The second kappa shape index (κ2) is 4.71. The quantitative estimate of drug-likeness (QED) is 0.828. The molecule has 0 radical (unpaired) electrons. The summed E-state index contributed by atoms with van der Waals surface area (Å²) in [6.07, 6.45) is 6.20. The summed E-state index contributed by atoms with van der Waals surface area (Å²) in [5, 5.41) is 10.9. The van der Waals surface area contributed by atoms with Crippen LogP contribution < -0.4 is 10.6 Å². The van der Waals surface area contributed by atoms with E-state index in [9.17, 15) is 0 Å². The molecule has 1 aliphatic heterocycles. The lowest BCUT2D eigenvalue weighted by Gasteiger charge is -2.09. The molecule has 2 N–H and O–H groups in total. The topological polar surface area (TPSA) is 54.2 Å². The first kappa shape index (κ1) is 10.5. The maximum atomic E-state index is 4.47. The van der Waals surface area contributed by atoms with E-state index in [1.54, 1.807) is 10.7 Å². The Hall–Kier alpha value is -1.62. The minimum Gasteiger partial charge on any atom is -0.370 e.